The summed E-state index contributed by atoms with van der Waals surface area (Å²) in [6.45, 7) is 0.350. The standard InChI is InChI=1S/C19H16O3/c1-21-18-9-5-3-7-15(18)13-22-19-11-10-14-6-2-4-8-16(14)17(19)12-20/h2-12H,13H2,1H3. The number of methoxy groups -OCH3 is 1. The van der Waals surface area contributed by atoms with Crippen LogP contribution in [0.5, 0.6) is 11.5 Å². The van der Waals surface area contributed by atoms with Crippen LogP contribution in [0.1, 0.15) is 15.9 Å². The van der Waals surface area contributed by atoms with Crippen LogP contribution in [0.25, 0.3) is 10.8 Å². The summed E-state index contributed by atoms with van der Waals surface area (Å²) in [4.78, 5) is 11.5. The molecule has 0 radical (unpaired) electrons. The zero-order valence-corrected chi connectivity index (χ0v) is 12.3. The summed E-state index contributed by atoms with van der Waals surface area (Å²) in [5, 5.41) is 1.92. The lowest BCUT2D eigenvalue weighted by molar-refractivity contribution is 0.112. The molecular formula is C19H16O3. The second-order valence-electron chi connectivity index (χ2n) is 4.92. The molecular weight excluding hydrogens is 276 g/mol. The van der Waals surface area contributed by atoms with Gasteiger partial charge in [0.2, 0.25) is 0 Å². The van der Waals surface area contributed by atoms with Gasteiger partial charge in [0.05, 0.1) is 12.7 Å². The van der Waals surface area contributed by atoms with Gasteiger partial charge < -0.3 is 9.47 Å². The monoisotopic (exact) mass is 292 g/mol. The van der Waals surface area contributed by atoms with Gasteiger partial charge in [-0.2, -0.15) is 0 Å². The average Bonchev–Trinajstić information content (AvgIpc) is 2.59. The molecule has 3 aromatic carbocycles. The number of fused-ring (bicyclic) bond motifs is 1. The number of benzene rings is 3. The summed E-state index contributed by atoms with van der Waals surface area (Å²) < 4.78 is 11.2. The number of carbonyl (C=O) groups excluding carboxylic acids is 1. The van der Waals surface area contributed by atoms with Crippen molar-refractivity contribution in [3.05, 3.63) is 71.8 Å². The molecule has 0 aliphatic rings. The minimum Gasteiger partial charge on any atom is -0.496 e. The van der Waals surface area contributed by atoms with Crippen LogP contribution < -0.4 is 9.47 Å². The molecule has 0 aliphatic heterocycles. The fourth-order valence-electron chi connectivity index (χ4n) is 2.50. The molecule has 22 heavy (non-hydrogen) atoms. The van der Waals surface area contributed by atoms with Crippen molar-refractivity contribution >= 4 is 17.1 Å². The maximum absolute atomic E-state index is 11.5. The van der Waals surface area contributed by atoms with E-state index in [1.165, 1.54) is 0 Å². The lowest BCUT2D eigenvalue weighted by Crippen LogP contribution is -2.01. The fraction of sp³-hybridized carbons (Fsp3) is 0.105. The highest BCUT2D eigenvalue weighted by molar-refractivity contribution is 6.00. The van der Waals surface area contributed by atoms with Crippen molar-refractivity contribution in [1.29, 1.82) is 0 Å². The van der Waals surface area contributed by atoms with E-state index in [0.29, 0.717) is 17.9 Å². The molecule has 3 heteroatoms. The molecule has 0 spiro atoms. The molecule has 0 amide bonds. The lowest BCUT2D eigenvalue weighted by Gasteiger charge is -2.12. The first-order valence-corrected chi connectivity index (χ1v) is 7.05. The molecule has 0 fully saturated rings. The summed E-state index contributed by atoms with van der Waals surface area (Å²) in [7, 11) is 1.63. The average molecular weight is 292 g/mol. The molecule has 0 heterocycles. The van der Waals surface area contributed by atoms with Gasteiger partial charge in [-0.05, 0) is 22.9 Å². The number of para-hydroxylation sites is 1. The number of ether oxygens (including phenoxy) is 2. The van der Waals surface area contributed by atoms with Crippen LogP contribution in [0, 0.1) is 0 Å². The molecule has 0 saturated carbocycles. The summed E-state index contributed by atoms with van der Waals surface area (Å²) in [5.74, 6) is 1.36. The van der Waals surface area contributed by atoms with Crippen molar-refractivity contribution in [3.8, 4) is 11.5 Å². The lowest BCUT2D eigenvalue weighted by atomic mass is 10.0. The number of hydrogen-bond donors (Lipinski definition) is 0. The van der Waals surface area contributed by atoms with E-state index in [1.54, 1.807) is 7.11 Å². The Balaban J connectivity index is 1.92. The number of aldehydes is 1. The van der Waals surface area contributed by atoms with Gasteiger partial charge in [-0.3, -0.25) is 4.79 Å². The van der Waals surface area contributed by atoms with Crippen LogP contribution in [0.3, 0.4) is 0 Å². The second kappa shape index (κ2) is 6.31. The highest BCUT2D eigenvalue weighted by Crippen LogP contribution is 2.28. The van der Waals surface area contributed by atoms with Gasteiger partial charge in [0.15, 0.2) is 6.29 Å². The Labute approximate surface area is 129 Å². The molecule has 0 bridgehead atoms. The van der Waals surface area contributed by atoms with Crippen molar-refractivity contribution in [3.63, 3.8) is 0 Å². The number of rotatable bonds is 5. The van der Waals surface area contributed by atoms with E-state index in [9.17, 15) is 4.79 Å². The fourth-order valence-corrected chi connectivity index (χ4v) is 2.50. The quantitative estimate of drug-likeness (QED) is 0.660. The Morgan fingerprint density at radius 3 is 2.50 bits per heavy atom. The minimum absolute atomic E-state index is 0.350. The molecule has 0 aromatic heterocycles. The normalized spacial score (nSPS) is 10.4. The van der Waals surface area contributed by atoms with Crippen molar-refractivity contribution in [2.45, 2.75) is 6.61 Å². The summed E-state index contributed by atoms with van der Waals surface area (Å²) in [6.07, 6.45) is 0.847. The first kappa shape index (κ1) is 14.1. The van der Waals surface area contributed by atoms with E-state index in [2.05, 4.69) is 0 Å². The highest BCUT2D eigenvalue weighted by Gasteiger charge is 2.09. The smallest absolute Gasteiger partial charge is 0.154 e. The van der Waals surface area contributed by atoms with Gasteiger partial charge >= 0.3 is 0 Å². The van der Waals surface area contributed by atoms with Crippen LogP contribution in [-0.4, -0.2) is 13.4 Å². The molecule has 0 aliphatic carbocycles. The number of hydrogen-bond acceptors (Lipinski definition) is 3. The summed E-state index contributed by atoms with van der Waals surface area (Å²) in [5.41, 5.74) is 1.52. The number of carbonyl (C=O) groups is 1. The Bertz CT molecular complexity index is 809. The van der Waals surface area contributed by atoms with Crippen molar-refractivity contribution in [2.75, 3.05) is 7.11 Å². The Morgan fingerprint density at radius 2 is 1.68 bits per heavy atom. The van der Waals surface area contributed by atoms with Crippen LogP contribution in [-0.2, 0) is 6.61 Å². The van der Waals surface area contributed by atoms with Crippen molar-refractivity contribution in [1.82, 2.24) is 0 Å². The molecule has 0 N–H and O–H groups in total. The van der Waals surface area contributed by atoms with Crippen molar-refractivity contribution in [2.24, 2.45) is 0 Å². The van der Waals surface area contributed by atoms with E-state index in [4.69, 9.17) is 9.47 Å². The van der Waals surface area contributed by atoms with E-state index in [1.807, 2.05) is 60.7 Å². The molecule has 110 valence electrons. The SMILES string of the molecule is COc1ccccc1COc1ccc2ccccc2c1C=O. The first-order valence-electron chi connectivity index (χ1n) is 7.05. The third-order valence-electron chi connectivity index (χ3n) is 3.62. The molecule has 0 saturated heterocycles. The van der Waals surface area contributed by atoms with Gasteiger partial charge in [-0.25, -0.2) is 0 Å². The minimum atomic E-state index is 0.350. The molecule has 3 rings (SSSR count). The van der Waals surface area contributed by atoms with Crippen LogP contribution >= 0.6 is 0 Å². The maximum Gasteiger partial charge on any atom is 0.154 e. The maximum atomic E-state index is 11.5. The Hall–Kier alpha value is -2.81. The zero-order valence-electron chi connectivity index (χ0n) is 12.3. The third-order valence-corrected chi connectivity index (χ3v) is 3.62. The molecule has 3 nitrogen and oxygen atoms in total. The molecule has 3 aromatic rings. The largest absolute Gasteiger partial charge is 0.496 e. The van der Waals surface area contributed by atoms with Gasteiger partial charge in [-0.1, -0.05) is 48.5 Å². The van der Waals surface area contributed by atoms with Crippen molar-refractivity contribution < 1.29 is 14.3 Å². The predicted octanol–water partition coefficient (Wildman–Crippen LogP) is 4.24. The third kappa shape index (κ3) is 2.66. The Kier molecular flexibility index (Phi) is 4.05. The van der Waals surface area contributed by atoms with Gasteiger partial charge in [0.25, 0.3) is 0 Å². The molecule has 0 atom stereocenters. The van der Waals surface area contributed by atoms with E-state index >= 15 is 0 Å². The van der Waals surface area contributed by atoms with E-state index in [-0.39, 0.29) is 0 Å². The highest BCUT2D eigenvalue weighted by atomic mass is 16.5. The topological polar surface area (TPSA) is 35.5 Å². The summed E-state index contributed by atoms with van der Waals surface area (Å²) in [6, 6.07) is 19.2. The van der Waals surface area contributed by atoms with Gasteiger partial charge in [0, 0.05) is 5.56 Å². The van der Waals surface area contributed by atoms with E-state index in [0.717, 1.165) is 28.4 Å². The molecule has 0 unspecified atom stereocenters. The van der Waals surface area contributed by atoms with Gasteiger partial charge in [0.1, 0.15) is 18.1 Å². The van der Waals surface area contributed by atoms with Crippen LogP contribution in [0.2, 0.25) is 0 Å². The van der Waals surface area contributed by atoms with Gasteiger partial charge in [-0.15, -0.1) is 0 Å². The summed E-state index contributed by atoms with van der Waals surface area (Å²) >= 11 is 0. The second-order valence-corrected chi connectivity index (χ2v) is 4.92. The Morgan fingerprint density at radius 1 is 0.909 bits per heavy atom. The van der Waals surface area contributed by atoms with E-state index < -0.39 is 0 Å². The zero-order chi connectivity index (χ0) is 15.4. The predicted molar refractivity (Wildman–Crippen MR) is 86.7 cm³/mol. The van der Waals surface area contributed by atoms with Crippen LogP contribution in [0.15, 0.2) is 60.7 Å². The first-order chi connectivity index (χ1) is 10.8. The van der Waals surface area contributed by atoms with Crippen LogP contribution in [0.4, 0.5) is 0 Å².